The Morgan fingerprint density at radius 1 is 1.24 bits per heavy atom. The van der Waals surface area contributed by atoms with Crippen molar-refractivity contribution < 1.29 is 9.84 Å². The summed E-state index contributed by atoms with van der Waals surface area (Å²) >= 11 is 5.83. The van der Waals surface area contributed by atoms with E-state index in [0.717, 1.165) is 17.0 Å². The van der Waals surface area contributed by atoms with Crippen LogP contribution in [-0.4, -0.2) is 35.8 Å². The summed E-state index contributed by atoms with van der Waals surface area (Å²) in [6.07, 6.45) is 1.63. The minimum absolute atomic E-state index is 0.0381. The van der Waals surface area contributed by atoms with Crippen LogP contribution in [0.3, 0.4) is 0 Å². The summed E-state index contributed by atoms with van der Waals surface area (Å²) < 4.78 is 5.15. The molecule has 1 aromatic carbocycles. The van der Waals surface area contributed by atoms with Crippen LogP contribution in [0.5, 0.6) is 5.75 Å². The van der Waals surface area contributed by atoms with Gasteiger partial charge in [-0.25, -0.2) is 0 Å². The fourth-order valence-electron chi connectivity index (χ4n) is 2.19. The number of pyridine rings is 1. The summed E-state index contributed by atoms with van der Waals surface area (Å²) in [6, 6.07) is 11.3. The molecule has 1 N–H and O–H groups in total. The predicted molar refractivity (Wildman–Crippen MR) is 83.5 cm³/mol. The Labute approximate surface area is 130 Å². The Hall–Kier alpha value is -1.62. The second kappa shape index (κ2) is 7.41. The number of ether oxygens (including phenoxy) is 1. The number of halogens is 1. The Kier molecular flexibility index (Phi) is 5.56. The highest BCUT2D eigenvalue weighted by Gasteiger charge is 2.16. The quantitative estimate of drug-likeness (QED) is 0.891. The highest BCUT2D eigenvalue weighted by molar-refractivity contribution is 6.30. The zero-order valence-electron chi connectivity index (χ0n) is 12.2. The lowest BCUT2D eigenvalue weighted by atomic mass is 10.1. The molecule has 0 saturated carbocycles. The fraction of sp³-hybridized carbons (Fsp3) is 0.312. The number of hydrogen-bond donors (Lipinski definition) is 1. The number of aliphatic hydroxyl groups excluding tert-OH is 1. The van der Waals surface area contributed by atoms with Crippen molar-refractivity contribution in [3.8, 4) is 5.75 Å². The van der Waals surface area contributed by atoms with Crippen LogP contribution in [0.2, 0.25) is 5.02 Å². The van der Waals surface area contributed by atoms with Crippen LogP contribution in [-0.2, 0) is 6.54 Å². The molecule has 0 fully saturated rings. The van der Waals surface area contributed by atoms with Gasteiger partial charge in [0.15, 0.2) is 0 Å². The average Bonchev–Trinajstić information content (AvgIpc) is 2.51. The van der Waals surface area contributed by atoms with Gasteiger partial charge in [0, 0.05) is 12.7 Å². The molecule has 0 spiro atoms. The van der Waals surface area contributed by atoms with Gasteiger partial charge in [-0.3, -0.25) is 9.88 Å². The van der Waals surface area contributed by atoms with Gasteiger partial charge in [0.2, 0.25) is 0 Å². The Morgan fingerprint density at radius 3 is 2.48 bits per heavy atom. The largest absolute Gasteiger partial charge is 0.497 e. The van der Waals surface area contributed by atoms with Gasteiger partial charge in [0.05, 0.1) is 30.5 Å². The molecule has 1 heterocycles. The molecule has 0 aliphatic heterocycles. The van der Waals surface area contributed by atoms with Gasteiger partial charge in [0.25, 0.3) is 0 Å². The lowest BCUT2D eigenvalue weighted by Gasteiger charge is -2.26. The van der Waals surface area contributed by atoms with Crippen LogP contribution in [0.1, 0.15) is 17.3 Å². The van der Waals surface area contributed by atoms with Gasteiger partial charge in [0.1, 0.15) is 5.75 Å². The smallest absolute Gasteiger partial charge is 0.118 e. The monoisotopic (exact) mass is 306 g/mol. The van der Waals surface area contributed by atoms with Crippen molar-refractivity contribution in [2.24, 2.45) is 0 Å². The zero-order valence-corrected chi connectivity index (χ0v) is 12.9. The number of likely N-dealkylation sites (N-methyl/N-ethyl adjacent to an activating group) is 1. The summed E-state index contributed by atoms with van der Waals surface area (Å²) in [4.78, 5) is 6.33. The first kappa shape index (κ1) is 15.8. The summed E-state index contributed by atoms with van der Waals surface area (Å²) in [5.74, 6) is 0.803. The second-order valence-electron chi connectivity index (χ2n) is 4.85. The SMILES string of the molecule is COc1ccc(C(CO)N(C)Cc2ccc(Cl)cn2)cc1. The number of methoxy groups -OCH3 is 1. The van der Waals surface area contributed by atoms with E-state index in [1.54, 1.807) is 13.3 Å². The maximum absolute atomic E-state index is 9.68. The van der Waals surface area contributed by atoms with Gasteiger partial charge in [-0.05, 0) is 36.9 Å². The van der Waals surface area contributed by atoms with E-state index in [1.165, 1.54) is 0 Å². The summed E-state index contributed by atoms with van der Waals surface area (Å²) in [6.45, 7) is 0.671. The van der Waals surface area contributed by atoms with Gasteiger partial charge in [-0.15, -0.1) is 0 Å². The number of aliphatic hydroxyl groups is 1. The first-order chi connectivity index (χ1) is 10.1. The lowest BCUT2D eigenvalue weighted by Crippen LogP contribution is -2.27. The van der Waals surface area contributed by atoms with E-state index in [1.807, 2.05) is 43.4 Å². The van der Waals surface area contributed by atoms with E-state index in [4.69, 9.17) is 16.3 Å². The fourth-order valence-corrected chi connectivity index (χ4v) is 2.30. The van der Waals surface area contributed by atoms with E-state index in [2.05, 4.69) is 9.88 Å². The molecule has 2 aromatic rings. The van der Waals surface area contributed by atoms with E-state index in [9.17, 15) is 5.11 Å². The lowest BCUT2D eigenvalue weighted by molar-refractivity contribution is 0.141. The molecule has 0 bridgehead atoms. The van der Waals surface area contributed by atoms with Gasteiger partial charge < -0.3 is 9.84 Å². The van der Waals surface area contributed by atoms with Crippen LogP contribution in [0.25, 0.3) is 0 Å². The van der Waals surface area contributed by atoms with Crippen molar-refractivity contribution >= 4 is 11.6 Å². The zero-order chi connectivity index (χ0) is 15.2. The molecule has 5 heteroatoms. The van der Waals surface area contributed by atoms with Crippen molar-refractivity contribution in [2.75, 3.05) is 20.8 Å². The molecule has 0 aliphatic rings. The molecule has 1 unspecified atom stereocenters. The van der Waals surface area contributed by atoms with Crippen molar-refractivity contribution in [1.82, 2.24) is 9.88 Å². The van der Waals surface area contributed by atoms with Crippen LogP contribution >= 0.6 is 11.6 Å². The normalized spacial score (nSPS) is 12.4. The molecule has 4 nitrogen and oxygen atoms in total. The first-order valence-electron chi connectivity index (χ1n) is 6.69. The molecule has 2 rings (SSSR count). The highest BCUT2D eigenvalue weighted by atomic mass is 35.5. The topological polar surface area (TPSA) is 45.6 Å². The molecule has 0 saturated heterocycles. The molecular weight excluding hydrogens is 288 g/mol. The highest BCUT2D eigenvalue weighted by Crippen LogP contribution is 2.23. The third-order valence-electron chi connectivity index (χ3n) is 3.41. The van der Waals surface area contributed by atoms with Crippen LogP contribution < -0.4 is 4.74 Å². The third-order valence-corrected chi connectivity index (χ3v) is 3.63. The number of nitrogens with zero attached hydrogens (tertiary/aromatic N) is 2. The molecule has 0 radical (unpaired) electrons. The Morgan fingerprint density at radius 2 is 1.95 bits per heavy atom. The minimum atomic E-state index is -0.0895. The Bertz CT molecular complexity index is 557. The Balaban J connectivity index is 2.09. The predicted octanol–water partition coefficient (Wildman–Crippen LogP) is 2.91. The number of hydrogen-bond acceptors (Lipinski definition) is 4. The third kappa shape index (κ3) is 4.17. The molecule has 112 valence electrons. The van der Waals surface area contributed by atoms with Crippen LogP contribution in [0, 0.1) is 0 Å². The van der Waals surface area contributed by atoms with Crippen molar-refractivity contribution in [3.05, 3.63) is 58.9 Å². The maximum atomic E-state index is 9.68. The average molecular weight is 307 g/mol. The van der Waals surface area contributed by atoms with Crippen LogP contribution in [0.15, 0.2) is 42.6 Å². The summed E-state index contributed by atoms with van der Waals surface area (Å²) in [5, 5.41) is 10.3. The number of aromatic nitrogens is 1. The van der Waals surface area contributed by atoms with Crippen molar-refractivity contribution in [1.29, 1.82) is 0 Å². The molecule has 1 aromatic heterocycles. The number of rotatable bonds is 6. The standard InChI is InChI=1S/C16H19ClN2O2/c1-19(10-14-6-5-13(17)9-18-14)16(11-20)12-3-7-15(21-2)8-4-12/h3-9,16,20H,10-11H2,1-2H3. The summed E-state index contributed by atoms with van der Waals surface area (Å²) in [7, 11) is 3.60. The van der Waals surface area contributed by atoms with Gasteiger partial charge in [-0.2, -0.15) is 0 Å². The minimum Gasteiger partial charge on any atom is -0.497 e. The number of benzene rings is 1. The molecule has 1 atom stereocenters. The molecular formula is C16H19ClN2O2. The van der Waals surface area contributed by atoms with Crippen molar-refractivity contribution in [3.63, 3.8) is 0 Å². The molecule has 21 heavy (non-hydrogen) atoms. The van der Waals surface area contributed by atoms with E-state index < -0.39 is 0 Å². The second-order valence-corrected chi connectivity index (χ2v) is 5.29. The summed E-state index contributed by atoms with van der Waals surface area (Å²) in [5.41, 5.74) is 1.95. The van der Waals surface area contributed by atoms with Gasteiger partial charge >= 0.3 is 0 Å². The van der Waals surface area contributed by atoms with Crippen LogP contribution in [0.4, 0.5) is 0 Å². The maximum Gasteiger partial charge on any atom is 0.118 e. The molecule has 0 amide bonds. The van der Waals surface area contributed by atoms with E-state index >= 15 is 0 Å². The first-order valence-corrected chi connectivity index (χ1v) is 7.07. The van der Waals surface area contributed by atoms with Crippen molar-refractivity contribution in [2.45, 2.75) is 12.6 Å². The van der Waals surface area contributed by atoms with E-state index in [-0.39, 0.29) is 12.6 Å². The van der Waals surface area contributed by atoms with E-state index in [0.29, 0.717) is 11.6 Å². The molecule has 0 aliphatic carbocycles. The van der Waals surface area contributed by atoms with Gasteiger partial charge in [-0.1, -0.05) is 23.7 Å².